The molecule has 0 saturated carbocycles. The Labute approximate surface area is 96.7 Å². The first-order valence-electron chi connectivity index (χ1n) is 6.11. The maximum atomic E-state index is 11.6. The van der Waals surface area contributed by atoms with Crippen molar-refractivity contribution in [3.63, 3.8) is 0 Å². The Balaban J connectivity index is 1.93. The highest BCUT2D eigenvalue weighted by atomic mass is 16.5. The highest BCUT2D eigenvalue weighted by Crippen LogP contribution is 2.32. The van der Waals surface area contributed by atoms with Crippen LogP contribution in [-0.4, -0.2) is 37.9 Å². The highest BCUT2D eigenvalue weighted by molar-refractivity contribution is 5.80. The van der Waals surface area contributed by atoms with E-state index in [-0.39, 0.29) is 5.97 Å². The molecule has 2 heterocycles. The minimum absolute atomic E-state index is 0.161. The maximum absolute atomic E-state index is 11.6. The molecule has 0 amide bonds. The fourth-order valence-corrected chi connectivity index (χ4v) is 2.81. The molecule has 4 nitrogen and oxygen atoms in total. The number of rotatable bonds is 2. The van der Waals surface area contributed by atoms with Gasteiger partial charge in [-0.3, -0.25) is 4.79 Å². The Kier molecular flexibility index (Phi) is 3.50. The van der Waals surface area contributed by atoms with Crippen molar-refractivity contribution in [3.8, 4) is 0 Å². The van der Waals surface area contributed by atoms with Gasteiger partial charge in [-0.15, -0.1) is 0 Å². The molecule has 1 N–H and O–H groups in total. The molecule has 2 saturated heterocycles. The molecule has 4 heteroatoms. The largest absolute Gasteiger partial charge is 0.468 e. The Morgan fingerprint density at radius 1 is 1.50 bits per heavy atom. The third-order valence-corrected chi connectivity index (χ3v) is 3.80. The predicted molar refractivity (Wildman–Crippen MR) is 60.1 cm³/mol. The summed E-state index contributed by atoms with van der Waals surface area (Å²) in [6.45, 7) is 3.65. The Morgan fingerprint density at radius 2 is 2.31 bits per heavy atom. The summed E-state index contributed by atoms with van der Waals surface area (Å²) in [6, 6.07) is 0. The third kappa shape index (κ3) is 2.23. The molecule has 2 aliphatic rings. The van der Waals surface area contributed by atoms with Crippen molar-refractivity contribution in [3.05, 3.63) is 0 Å². The normalized spacial score (nSPS) is 39.6. The first-order valence-corrected chi connectivity index (χ1v) is 6.11. The fraction of sp³-hybridized carbons (Fsp3) is 0.917. The average molecular weight is 227 g/mol. The number of esters is 1. The summed E-state index contributed by atoms with van der Waals surface area (Å²) in [5, 5.41) is 3.28. The monoisotopic (exact) mass is 227 g/mol. The van der Waals surface area contributed by atoms with Gasteiger partial charge in [-0.1, -0.05) is 0 Å². The highest BCUT2D eigenvalue weighted by Gasteiger charge is 2.44. The van der Waals surface area contributed by atoms with E-state index in [9.17, 15) is 4.79 Å². The summed E-state index contributed by atoms with van der Waals surface area (Å²) in [5.41, 5.74) is -0.514. The average Bonchev–Trinajstić information content (AvgIpc) is 2.73. The van der Waals surface area contributed by atoms with Crippen LogP contribution in [0.4, 0.5) is 0 Å². The fourth-order valence-electron chi connectivity index (χ4n) is 2.81. The summed E-state index contributed by atoms with van der Waals surface area (Å²) < 4.78 is 10.6. The first kappa shape index (κ1) is 11.9. The van der Waals surface area contributed by atoms with Gasteiger partial charge in [0.2, 0.25) is 0 Å². The molecule has 0 aromatic heterocycles. The number of ether oxygens (including phenoxy) is 2. The van der Waals surface area contributed by atoms with Crippen molar-refractivity contribution in [1.29, 1.82) is 0 Å². The minimum Gasteiger partial charge on any atom is -0.468 e. The lowest BCUT2D eigenvalue weighted by Gasteiger charge is -2.28. The van der Waals surface area contributed by atoms with Crippen molar-refractivity contribution >= 4 is 5.97 Å². The van der Waals surface area contributed by atoms with Crippen LogP contribution in [0.2, 0.25) is 0 Å². The zero-order valence-electron chi connectivity index (χ0n) is 10.1. The van der Waals surface area contributed by atoms with Gasteiger partial charge in [0.15, 0.2) is 0 Å². The summed E-state index contributed by atoms with van der Waals surface area (Å²) in [7, 11) is 1.44. The van der Waals surface area contributed by atoms with E-state index >= 15 is 0 Å². The van der Waals surface area contributed by atoms with Gasteiger partial charge in [0.25, 0.3) is 0 Å². The van der Waals surface area contributed by atoms with Gasteiger partial charge in [0, 0.05) is 13.2 Å². The van der Waals surface area contributed by atoms with E-state index in [4.69, 9.17) is 9.47 Å². The second-order valence-corrected chi connectivity index (χ2v) is 5.07. The summed E-state index contributed by atoms with van der Waals surface area (Å²) in [4.78, 5) is 11.6. The smallest absolute Gasteiger partial charge is 0.325 e. The quantitative estimate of drug-likeness (QED) is 0.718. The number of hydrogen-bond acceptors (Lipinski definition) is 4. The number of carbonyl (C=O) groups is 1. The molecule has 2 rings (SSSR count). The van der Waals surface area contributed by atoms with E-state index < -0.39 is 5.54 Å². The Morgan fingerprint density at radius 3 is 2.94 bits per heavy atom. The van der Waals surface area contributed by atoms with Crippen LogP contribution >= 0.6 is 0 Å². The number of hydrogen-bond donors (Lipinski definition) is 1. The van der Waals surface area contributed by atoms with Crippen LogP contribution in [0.1, 0.15) is 32.6 Å². The van der Waals surface area contributed by atoms with Crippen LogP contribution in [0.25, 0.3) is 0 Å². The number of carbonyl (C=O) groups excluding carboxylic acids is 1. The number of nitrogens with one attached hydrogen (secondary N) is 1. The van der Waals surface area contributed by atoms with E-state index in [1.807, 2.05) is 6.92 Å². The molecular formula is C12H21NO3. The molecule has 0 bridgehead atoms. The molecule has 16 heavy (non-hydrogen) atoms. The summed E-state index contributed by atoms with van der Waals surface area (Å²) in [5.74, 6) is 0.287. The van der Waals surface area contributed by atoms with Gasteiger partial charge < -0.3 is 14.8 Å². The molecule has 0 aromatic carbocycles. The molecule has 2 aliphatic heterocycles. The Bertz CT molecular complexity index is 263. The van der Waals surface area contributed by atoms with Crippen LogP contribution in [0.5, 0.6) is 0 Å². The van der Waals surface area contributed by atoms with Crippen LogP contribution in [0.3, 0.4) is 0 Å². The van der Waals surface area contributed by atoms with E-state index in [2.05, 4.69) is 5.32 Å². The van der Waals surface area contributed by atoms with E-state index in [0.717, 1.165) is 26.0 Å². The van der Waals surface area contributed by atoms with Gasteiger partial charge in [0.1, 0.15) is 5.54 Å². The molecule has 0 radical (unpaired) electrons. The molecule has 0 spiro atoms. The van der Waals surface area contributed by atoms with Crippen LogP contribution in [0, 0.1) is 5.92 Å². The zero-order chi connectivity index (χ0) is 11.6. The zero-order valence-corrected chi connectivity index (χ0v) is 10.1. The molecule has 92 valence electrons. The second kappa shape index (κ2) is 4.72. The predicted octanol–water partition coefficient (Wildman–Crippen LogP) is 1.10. The standard InChI is InChI=1S/C12H21NO3/c1-12(11(14)15-2)7-9(8-13-12)10-5-3-4-6-16-10/h9-10,13H,3-8H2,1-2H3. The molecule has 3 unspecified atom stereocenters. The van der Waals surface area contributed by atoms with Crippen LogP contribution in [-0.2, 0) is 14.3 Å². The molecule has 3 atom stereocenters. The molecule has 0 aliphatic carbocycles. The molecule has 0 aromatic rings. The summed E-state index contributed by atoms with van der Waals surface area (Å²) in [6.07, 6.45) is 4.70. The first-order chi connectivity index (χ1) is 7.65. The summed E-state index contributed by atoms with van der Waals surface area (Å²) >= 11 is 0. The molecular weight excluding hydrogens is 206 g/mol. The lowest BCUT2D eigenvalue weighted by atomic mass is 9.88. The molecule has 2 fully saturated rings. The number of methoxy groups -OCH3 is 1. The third-order valence-electron chi connectivity index (χ3n) is 3.80. The minimum atomic E-state index is -0.514. The van der Waals surface area contributed by atoms with Gasteiger partial charge >= 0.3 is 5.97 Å². The van der Waals surface area contributed by atoms with E-state index in [1.54, 1.807) is 0 Å². The van der Waals surface area contributed by atoms with Gasteiger partial charge in [-0.25, -0.2) is 0 Å². The Hall–Kier alpha value is -0.610. The van der Waals surface area contributed by atoms with E-state index in [1.165, 1.54) is 20.0 Å². The maximum Gasteiger partial charge on any atom is 0.325 e. The van der Waals surface area contributed by atoms with Gasteiger partial charge in [-0.05, 0) is 38.5 Å². The van der Waals surface area contributed by atoms with Crippen molar-refractivity contribution in [2.24, 2.45) is 5.92 Å². The van der Waals surface area contributed by atoms with E-state index in [0.29, 0.717) is 12.0 Å². The lowest BCUT2D eigenvalue weighted by Crippen LogP contribution is -2.45. The van der Waals surface area contributed by atoms with Crippen LogP contribution < -0.4 is 5.32 Å². The lowest BCUT2D eigenvalue weighted by molar-refractivity contribution is -0.147. The van der Waals surface area contributed by atoms with Crippen molar-refractivity contribution in [2.75, 3.05) is 20.3 Å². The van der Waals surface area contributed by atoms with Crippen molar-refractivity contribution in [1.82, 2.24) is 5.32 Å². The second-order valence-electron chi connectivity index (χ2n) is 5.07. The topological polar surface area (TPSA) is 47.6 Å². The van der Waals surface area contributed by atoms with Gasteiger partial charge in [-0.2, -0.15) is 0 Å². The van der Waals surface area contributed by atoms with Crippen molar-refractivity contribution in [2.45, 2.75) is 44.2 Å². The van der Waals surface area contributed by atoms with Crippen LogP contribution in [0.15, 0.2) is 0 Å². The SMILES string of the molecule is COC(=O)C1(C)CC(C2CCCCO2)CN1. The van der Waals surface area contributed by atoms with Crippen molar-refractivity contribution < 1.29 is 14.3 Å². The van der Waals surface area contributed by atoms with Gasteiger partial charge in [0.05, 0.1) is 13.2 Å².